The number of rotatable bonds is 14. The lowest BCUT2D eigenvalue weighted by Crippen LogP contribution is -2.50. The van der Waals surface area contributed by atoms with Crippen LogP contribution < -0.4 is 9.62 Å². The number of halogens is 3. The summed E-state index contributed by atoms with van der Waals surface area (Å²) in [6.07, 6.45) is 2.40. The van der Waals surface area contributed by atoms with E-state index in [1.807, 2.05) is 37.3 Å². The second-order valence-electron chi connectivity index (χ2n) is 9.69. The van der Waals surface area contributed by atoms with Gasteiger partial charge in [-0.05, 0) is 54.3 Å². The Labute approximate surface area is 257 Å². The lowest BCUT2D eigenvalue weighted by Gasteiger charge is -2.32. The third-order valence-corrected chi connectivity index (χ3v) is 8.57. The molecule has 41 heavy (non-hydrogen) atoms. The van der Waals surface area contributed by atoms with E-state index >= 15 is 0 Å². The second kappa shape index (κ2) is 15.4. The molecular formula is C30H34Cl3N3O4S. The van der Waals surface area contributed by atoms with Crippen LogP contribution in [0.4, 0.5) is 5.69 Å². The van der Waals surface area contributed by atoms with Crippen LogP contribution in [-0.2, 0) is 32.6 Å². The van der Waals surface area contributed by atoms with E-state index in [0.29, 0.717) is 39.3 Å². The second-order valence-corrected chi connectivity index (χ2v) is 12.8. The van der Waals surface area contributed by atoms with Gasteiger partial charge in [-0.25, -0.2) is 8.42 Å². The number of hydrogen-bond donors (Lipinski definition) is 1. The summed E-state index contributed by atoms with van der Waals surface area (Å²) in [7, 11) is -3.63. The molecule has 0 spiro atoms. The van der Waals surface area contributed by atoms with E-state index in [9.17, 15) is 18.0 Å². The Morgan fingerprint density at radius 3 is 2.27 bits per heavy atom. The highest BCUT2D eigenvalue weighted by Crippen LogP contribution is 2.26. The molecule has 3 aromatic rings. The zero-order valence-electron chi connectivity index (χ0n) is 23.0. The van der Waals surface area contributed by atoms with Gasteiger partial charge in [0.25, 0.3) is 0 Å². The molecule has 0 unspecified atom stereocenters. The van der Waals surface area contributed by atoms with E-state index in [4.69, 9.17) is 34.8 Å². The molecular weight excluding hydrogens is 605 g/mol. The van der Waals surface area contributed by atoms with Gasteiger partial charge in [0.05, 0.1) is 22.0 Å². The number of carbonyl (C=O) groups excluding carboxylic acids is 2. The van der Waals surface area contributed by atoms with Gasteiger partial charge >= 0.3 is 0 Å². The van der Waals surface area contributed by atoms with E-state index in [0.717, 1.165) is 18.2 Å². The third-order valence-electron chi connectivity index (χ3n) is 6.41. The minimum absolute atomic E-state index is 0.0141. The molecule has 0 fully saturated rings. The minimum Gasteiger partial charge on any atom is -0.354 e. The molecule has 0 aromatic heterocycles. The summed E-state index contributed by atoms with van der Waals surface area (Å²) >= 11 is 18.5. The monoisotopic (exact) mass is 637 g/mol. The van der Waals surface area contributed by atoms with Crippen LogP contribution >= 0.6 is 34.8 Å². The van der Waals surface area contributed by atoms with E-state index in [2.05, 4.69) is 5.32 Å². The number of nitrogens with zero attached hydrogens (tertiary/aromatic N) is 2. The average molecular weight is 639 g/mol. The van der Waals surface area contributed by atoms with Crippen LogP contribution in [0.5, 0.6) is 0 Å². The number of carbonyl (C=O) groups is 2. The Morgan fingerprint density at radius 2 is 1.63 bits per heavy atom. The summed E-state index contributed by atoms with van der Waals surface area (Å²) in [5.41, 5.74) is 2.03. The lowest BCUT2D eigenvalue weighted by atomic mass is 10.0. The SMILES string of the molecule is CCCNC(=O)[C@H](Cc1ccccc1)N(Cc1ccc(Cl)c(Cl)c1)C(=O)CCCN(c1cccc(Cl)c1)S(C)(=O)=O. The molecule has 0 aliphatic rings. The minimum atomic E-state index is -3.63. The highest BCUT2D eigenvalue weighted by molar-refractivity contribution is 7.92. The third kappa shape index (κ3) is 9.92. The summed E-state index contributed by atoms with van der Waals surface area (Å²) in [4.78, 5) is 28.8. The van der Waals surface area contributed by atoms with Gasteiger partial charge < -0.3 is 10.2 Å². The molecule has 0 aliphatic heterocycles. The standard InChI is InChI=1S/C30H34Cl3N3O4S/c1-3-16-34-30(38)28(19-22-9-5-4-6-10-22)35(21-23-14-15-26(32)27(33)18-23)29(37)13-8-17-36(41(2,39)40)25-12-7-11-24(31)20-25/h4-7,9-12,14-15,18,20,28H,3,8,13,16-17,19,21H2,1-2H3,(H,34,38)/t28-/m0/s1. The van der Waals surface area contributed by atoms with Crippen LogP contribution in [0.25, 0.3) is 0 Å². The Morgan fingerprint density at radius 1 is 0.902 bits per heavy atom. The van der Waals surface area contributed by atoms with Crippen molar-refractivity contribution in [1.82, 2.24) is 10.2 Å². The van der Waals surface area contributed by atoms with Gasteiger partial charge in [-0.15, -0.1) is 0 Å². The molecule has 3 rings (SSSR count). The van der Waals surface area contributed by atoms with Gasteiger partial charge in [0.15, 0.2) is 0 Å². The smallest absolute Gasteiger partial charge is 0.243 e. The van der Waals surface area contributed by atoms with Crippen molar-refractivity contribution < 1.29 is 18.0 Å². The van der Waals surface area contributed by atoms with Crippen molar-refractivity contribution >= 4 is 62.3 Å². The zero-order chi connectivity index (χ0) is 30.0. The van der Waals surface area contributed by atoms with Crippen molar-refractivity contribution in [3.63, 3.8) is 0 Å². The van der Waals surface area contributed by atoms with Crippen molar-refractivity contribution in [2.45, 2.75) is 45.2 Å². The maximum atomic E-state index is 13.8. The molecule has 0 saturated carbocycles. The molecule has 220 valence electrons. The number of benzene rings is 3. The van der Waals surface area contributed by atoms with Gasteiger partial charge in [-0.1, -0.05) is 84.2 Å². The number of hydrogen-bond acceptors (Lipinski definition) is 4. The molecule has 7 nitrogen and oxygen atoms in total. The molecule has 0 saturated heterocycles. The zero-order valence-corrected chi connectivity index (χ0v) is 26.1. The molecule has 0 aliphatic carbocycles. The quantitative estimate of drug-likeness (QED) is 0.223. The Balaban J connectivity index is 1.89. The molecule has 0 radical (unpaired) electrons. The predicted molar refractivity (Wildman–Crippen MR) is 167 cm³/mol. The first-order valence-corrected chi connectivity index (χ1v) is 16.3. The first-order chi connectivity index (χ1) is 19.5. The van der Waals surface area contributed by atoms with Crippen LogP contribution in [0.2, 0.25) is 15.1 Å². The van der Waals surface area contributed by atoms with Crippen LogP contribution in [0.1, 0.15) is 37.3 Å². The van der Waals surface area contributed by atoms with Crippen LogP contribution in [0.3, 0.4) is 0 Å². The van der Waals surface area contributed by atoms with Crippen molar-refractivity contribution in [1.29, 1.82) is 0 Å². The van der Waals surface area contributed by atoms with E-state index in [-0.39, 0.29) is 37.7 Å². The largest absolute Gasteiger partial charge is 0.354 e. The average Bonchev–Trinajstić information content (AvgIpc) is 2.93. The van der Waals surface area contributed by atoms with Gasteiger partial charge in [0.2, 0.25) is 21.8 Å². The summed E-state index contributed by atoms with van der Waals surface area (Å²) < 4.78 is 26.4. The van der Waals surface area contributed by atoms with Crippen LogP contribution in [0.15, 0.2) is 72.8 Å². The number of nitrogens with one attached hydrogen (secondary N) is 1. The van der Waals surface area contributed by atoms with E-state index < -0.39 is 16.1 Å². The highest BCUT2D eigenvalue weighted by atomic mass is 35.5. The van der Waals surface area contributed by atoms with Gasteiger partial charge in [0, 0.05) is 37.5 Å². The number of sulfonamides is 1. The fourth-order valence-corrected chi connectivity index (χ4v) is 5.85. The normalized spacial score (nSPS) is 12.0. The molecule has 0 heterocycles. The van der Waals surface area contributed by atoms with E-state index in [1.165, 1.54) is 4.31 Å². The number of anilines is 1. The lowest BCUT2D eigenvalue weighted by molar-refractivity contribution is -0.141. The van der Waals surface area contributed by atoms with Crippen molar-refractivity contribution in [2.24, 2.45) is 0 Å². The topological polar surface area (TPSA) is 86.8 Å². The van der Waals surface area contributed by atoms with Crippen LogP contribution in [-0.4, -0.2) is 50.5 Å². The summed E-state index contributed by atoms with van der Waals surface area (Å²) in [6, 6.07) is 20.3. The van der Waals surface area contributed by atoms with Crippen molar-refractivity contribution in [3.05, 3.63) is 99.0 Å². The van der Waals surface area contributed by atoms with Gasteiger partial charge in [0.1, 0.15) is 6.04 Å². The Kier molecular flexibility index (Phi) is 12.3. The summed E-state index contributed by atoms with van der Waals surface area (Å²) in [5.74, 6) is -0.552. The first kappa shape index (κ1) is 32.7. The van der Waals surface area contributed by atoms with Crippen molar-refractivity contribution in [2.75, 3.05) is 23.7 Å². The van der Waals surface area contributed by atoms with E-state index in [1.54, 1.807) is 47.4 Å². The fraction of sp³-hybridized carbons (Fsp3) is 0.333. The molecule has 1 atom stereocenters. The van der Waals surface area contributed by atoms with Gasteiger partial charge in [-0.2, -0.15) is 0 Å². The maximum Gasteiger partial charge on any atom is 0.243 e. The Bertz CT molecular complexity index is 1440. The number of amides is 2. The molecule has 2 amide bonds. The molecule has 1 N–H and O–H groups in total. The molecule has 0 bridgehead atoms. The highest BCUT2D eigenvalue weighted by Gasteiger charge is 2.30. The van der Waals surface area contributed by atoms with Crippen LogP contribution in [0, 0.1) is 0 Å². The summed E-state index contributed by atoms with van der Waals surface area (Å²) in [6.45, 7) is 2.62. The van der Waals surface area contributed by atoms with Gasteiger partial charge in [-0.3, -0.25) is 13.9 Å². The predicted octanol–water partition coefficient (Wildman–Crippen LogP) is 6.36. The molecule has 11 heteroatoms. The fourth-order valence-electron chi connectivity index (χ4n) is 4.39. The first-order valence-electron chi connectivity index (χ1n) is 13.3. The Hall–Kier alpha value is -2.78. The summed E-state index contributed by atoms with van der Waals surface area (Å²) in [5, 5.41) is 4.07. The molecule has 3 aromatic carbocycles. The maximum absolute atomic E-state index is 13.8. The van der Waals surface area contributed by atoms with Crippen molar-refractivity contribution in [3.8, 4) is 0 Å².